The number of benzene rings is 1. The third-order valence-electron chi connectivity index (χ3n) is 3.07. The van der Waals surface area contributed by atoms with Crippen molar-refractivity contribution in [2.45, 2.75) is 18.9 Å². The summed E-state index contributed by atoms with van der Waals surface area (Å²) in [6, 6.07) is 8.80. The van der Waals surface area contributed by atoms with Gasteiger partial charge in [-0.15, -0.1) is 0 Å². The Labute approximate surface area is 112 Å². The van der Waals surface area contributed by atoms with Crippen LogP contribution in [0, 0.1) is 11.8 Å². The maximum atomic E-state index is 12.0. The summed E-state index contributed by atoms with van der Waals surface area (Å²) in [6.45, 7) is 0.558. The second kappa shape index (κ2) is 6.05. The van der Waals surface area contributed by atoms with Crippen molar-refractivity contribution < 1.29 is 14.3 Å². The van der Waals surface area contributed by atoms with Crippen LogP contribution < -0.4 is 0 Å². The molecule has 2 rings (SSSR count). The minimum absolute atomic E-state index is 0.322. The Kier molecular flexibility index (Phi) is 4.19. The molecule has 4 heteroatoms. The fourth-order valence-corrected chi connectivity index (χ4v) is 2.11. The van der Waals surface area contributed by atoms with Crippen molar-refractivity contribution in [1.29, 1.82) is 0 Å². The van der Waals surface area contributed by atoms with Crippen molar-refractivity contribution in [2.24, 2.45) is 0 Å². The van der Waals surface area contributed by atoms with E-state index < -0.39 is 6.04 Å². The highest BCUT2D eigenvalue weighted by Crippen LogP contribution is 2.18. The van der Waals surface area contributed by atoms with Gasteiger partial charge in [-0.25, -0.2) is 4.79 Å². The Balaban J connectivity index is 2.08. The van der Waals surface area contributed by atoms with Crippen LogP contribution in [-0.4, -0.2) is 36.5 Å². The first-order valence-corrected chi connectivity index (χ1v) is 6.18. The predicted molar refractivity (Wildman–Crippen MR) is 70.1 cm³/mol. The molecule has 19 heavy (non-hydrogen) atoms. The third-order valence-corrected chi connectivity index (χ3v) is 3.07. The number of nitrogens with zero attached hydrogens (tertiary/aromatic N) is 1. The zero-order valence-electron chi connectivity index (χ0n) is 10.8. The molecule has 1 aromatic carbocycles. The van der Waals surface area contributed by atoms with Crippen LogP contribution in [0.5, 0.6) is 0 Å². The van der Waals surface area contributed by atoms with Crippen LogP contribution in [0.2, 0.25) is 0 Å². The predicted octanol–water partition coefficient (Wildman–Crippen LogP) is 1.20. The summed E-state index contributed by atoms with van der Waals surface area (Å²) in [6.07, 6.45) is 1.45. The average Bonchev–Trinajstić information content (AvgIpc) is 2.94. The monoisotopic (exact) mass is 257 g/mol. The Morgan fingerprint density at radius 3 is 2.74 bits per heavy atom. The normalized spacial score (nSPS) is 17.5. The molecule has 0 saturated carbocycles. The smallest absolute Gasteiger partial charge is 0.328 e. The van der Waals surface area contributed by atoms with E-state index >= 15 is 0 Å². The number of amides is 1. The molecule has 1 saturated heterocycles. The van der Waals surface area contributed by atoms with E-state index in [1.54, 1.807) is 0 Å². The van der Waals surface area contributed by atoms with Gasteiger partial charge in [0.1, 0.15) is 6.04 Å². The zero-order chi connectivity index (χ0) is 13.7. The lowest BCUT2D eigenvalue weighted by Crippen LogP contribution is -2.40. The number of esters is 1. The zero-order valence-corrected chi connectivity index (χ0v) is 10.8. The van der Waals surface area contributed by atoms with E-state index in [1.165, 1.54) is 12.0 Å². The molecule has 1 fully saturated rings. The molecular weight excluding hydrogens is 242 g/mol. The summed E-state index contributed by atoms with van der Waals surface area (Å²) >= 11 is 0. The molecule has 0 aromatic heterocycles. The van der Waals surface area contributed by atoms with Gasteiger partial charge in [0.2, 0.25) is 0 Å². The first-order chi connectivity index (χ1) is 9.22. The van der Waals surface area contributed by atoms with Crippen LogP contribution in [0.1, 0.15) is 18.4 Å². The number of carbonyl (C=O) groups excluding carboxylic acids is 2. The van der Waals surface area contributed by atoms with E-state index in [0.717, 1.165) is 12.0 Å². The molecule has 1 unspecified atom stereocenters. The van der Waals surface area contributed by atoms with Crippen LogP contribution in [0.3, 0.4) is 0 Å². The summed E-state index contributed by atoms with van der Waals surface area (Å²) in [5, 5.41) is 0. The van der Waals surface area contributed by atoms with Crippen LogP contribution in [0.15, 0.2) is 30.3 Å². The largest absolute Gasteiger partial charge is 0.467 e. The highest BCUT2D eigenvalue weighted by atomic mass is 16.5. The third kappa shape index (κ3) is 3.14. The number of likely N-dealkylation sites (tertiary alicyclic amines) is 1. The molecule has 1 atom stereocenters. The van der Waals surface area contributed by atoms with E-state index in [-0.39, 0.29) is 11.9 Å². The molecule has 1 aliphatic rings. The van der Waals surface area contributed by atoms with Crippen LogP contribution in [0.4, 0.5) is 0 Å². The summed E-state index contributed by atoms with van der Waals surface area (Å²) < 4.78 is 4.70. The van der Waals surface area contributed by atoms with Crippen molar-refractivity contribution >= 4 is 11.9 Å². The van der Waals surface area contributed by atoms with Gasteiger partial charge in [-0.2, -0.15) is 0 Å². The minimum atomic E-state index is -0.484. The fraction of sp³-hybridized carbons (Fsp3) is 0.333. The Hall–Kier alpha value is -2.28. The van der Waals surface area contributed by atoms with E-state index in [0.29, 0.717) is 13.0 Å². The van der Waals surface area contributed by atoms with Crippen molar-refractivity contribution in [3.05, 3.63) is 35.9 Å². The van der Waals surface area contributed by atoms with Gasteiger partial charge in [-0.1, -0.05) is 24.1 Å². The maximum absolute atomic E-state index is 12.0. The number of carbonyl (C=O) groups is 2. The Morgan fingerprint density at radius 2 is 2.05 bits per heavy atom. The second-order valence-corrected chi connectivity index (χ2v) is 4.30. The lowest BCUT2D eigenvalue weighted by Gasteiger charge is -2.19. The molecule has 0 radical (unpaired) electrons. The molecule has 0 spiro atoms. The van der Waals surface area contributed by atoms with Crippen LogP contribution in [-0.2, 0) is 14.3 Å². The molecule has 0 aliphatic carbocycles. The Bertz CT molecular complexity index is 527. The van der Waals surface area contributed by atoms with Crippen LogP contribution >= 0.6 is 0 Å². The van der Waals surface area contributed by atoms with Crippen molar-refractivity contribution in [2.75, 3.05) is 13.7 Å². The van der Waals surface area contributed by atoms with Gasteiger partial charge >= 0.3 is 5.97 Å². The second-order valence-electron chi connectivity index (χ2n) is 4.30. The summed E-state index contributed by atoms with van der Waals surface area (Å²) in [4.78, 5) is 25.0. The van der Waals surface area contributed by atoms with Gasteiger partial charge in [0.05, 0.1) is 7.11 Å². The SMILES string of the molecule is COC(=O)C1CCCN1C(=O)C#Cc1ccccc1. The topological polar surface area (TPSA) is 46.6 Å². The van der Waals surface area contributed by atoms with Gasteiger partial charge in [-0.05, 0) is 25.0 Å². The molecule has 98 valence electrons. The molecule has 1 amide bonds. The van der Waals surface area contributed by atoms with Gasteiger partial charge in [0.15, 0.2) is 0 Å². The van der Waals surface area contributed by atoms with Crippen LogP contribution in [0.25, 0.3) is 0 Å². The maximum Gasteiger partial charge on any atom is 0.328 e. The first kappa shape index (κ1) is 13.2. The summed E-state index contributed by atoms with van der Waals surface area (Å²) in [5.41, 5.74) is 0.782. The van der Waals surface area contributed by atoms with E-state index in [4.69, 9.17) is 4.74 Å². The number of hydrogen-bond donors (Lipinski definition) is 0. The van der Waals surface area contributed by atoms with Gasteiger partial charge in [0, 0.05) is 18.0 Å². The average molecular weight is 257 g/mol. The molecule has 0 N–H and O–H groups in total. The molecule has 1 aliphatic heterocycles. The van der Waals surface area contributed by atoms with Crippen molar-refractivity contribution in [1.82, 2.24) is 4.90 Å². The summed E-state index contributed by atoms with van der Waals surface area (Å²) in [7, 11) is 1.33. The fourth-order valence-electron chi connectivity index (χ4n) is 2.11. The van der Waals surface area contributed by atoms with Gasteiger partial charge in [0.25, 0.3) is 5.91 Å². The molecule has 0 bridgehead atoms. The molecule has 1 aromatic rings. The van der Waals surface area contributed by atoms with Crippen molar-refractivity contribution in [3.8, 4) is 11.8 Å². The van der Waals surface area contributed by atoms with E-state index in [1.807, 2.05) is 30.3 Å². The lowest BCUT2D eigenvalue weighted by molar-refractivity contribution is -0.149. The standard InChI is InChI=1S/C15H15NO3/c1-19-15(18)13-8-5-11-16(13)14(17)10-9-12-6-3-2-4-7-12/h2-4,6-7,13H,5,8,11H2,1H3. The number of ether oxygens (including phenoxy) is 1. The molecule has 4 nitrogen and oxygen atoms in total. The minimum Gasteiger partial charge on any atom is -0.467 e. The van der Waals surface area contributed by atoms with Gasteiger partial charge < -0.3 is 9.64 Å². The lowest BCUT2D eigenvalue weighted by atomic mass is 10.2. The summed E-state index contributed by atoms with van der Waals surface area (Å²) in [5.74, 6) is 4.69. The molecular formula is C15H15NO3. The highest BCUT2D eigenvalue weighted by molar-refractivity contribution is 5.97. The number of hydrogen-bond acceptors (Lipinski definition) is 3. The van der Waals surface area contributed by atoms with Crippen molar-refractivity contribution in [3.63, 3.8) is 0 Å². The van der Waals surface area contributed by atoms with E-state index in [9.17, 15) is 9.59 Å². The van der Waals surface area contributed by atoms with E-state index in [2.05, 4.69) is 11.8 Å². The Morgan fingerprint density at radius 1 is 1.32 bits per heavy atom. The highest BCUT2D eigenvalue weighted by Gasteiger charge is 2.34. The number of rotatable bonds is 1. The molecule has 1 heterocycles. The number of methoxy groups -OCH3 is 1. The van der Waals surface area contributed by atoms with Gasteiger partial charge in [-0.3, -0.25) is 4.79 Å². The quantitative estimate of drug-likeness (QED) is 0.561. The first-order valence-electron chi connectivity index (χ1n) is 6.18.